The minimum Gasteiger partial charge on any atom is -0.393 e. The van der Waals surface area contributed by atoms with E-state index in [2.05, 4.69) is 5.32 Å². The highest BCUT2D eigenvalue weighted by atomic mass is 16.3. The predicted molar refractivity (Wildman–Crippen MR) is 44.4 cm³/mol. The molecular formula is C9H13NO2. The minimum absolute atomic E-state index is 0.0228. The van der Waals surface area contributed by atoms with E-state index in [0.29, 0.717) is 12.3 Å². The first-order valence-electron chi connectivity index (χ1n) is 4.42. The first-order valence-corrected chi connectivity index (χ1v) is 4.42. The topological polar surface area (TPSA) is 49.3 Å². The first-order chi connectivity index (χ1) is 5.75. The number of amides is 1. The van der Waals surface area contributed by atoms with Gasteiger partial charge in [-0.1, -0.05) is 6.08 Å². The van der Waals surface area contributed by atoms with E-state index in [9.17, 15) is 9.90 Å². The van der Waals surface area contributed by atoms with Gasteiger partial charge in [0.05, 0.1) is 6.10 Å². The van der Waals surface area contributed by atoms with Crippen molar-refractivity contribution in [3.05, 3.63) is 12.2 Å². The highest BCUT2D eigenvalue weighted by Crippen LogP contribution is 2.27. The standard InChI is InChI=1S/C9H13NO2/c11-7-3-1-6-2-4-9(12)10-8(6)5-7/h2,4,6-8,11H,1,3,5H2,(H,10,12). The van der Waals surface area contributed by atoms with Crippen molar-refractivity contribution in [1.82, 2.24) is 5.32 Å². The van der Waals surface area contributed by atoms with Crippen LogP contribution in [0.3, 0.4) is 0 Å². The van der Waals surface area contributed by atoms with Crippen LogP contribution in [0.25, 0.3) is 0 Å². The van der Waals surface area contributed by atoms with Gasteiger partial charge in [0.15, 0.2) is 0 Å². The second-order valence-electron chi connectivity index (χ2n) is 3.60. The number of fused-ring (bicyclic) bond motifs is 1. The predicted octanol–water partition coefficient (Wildman–Crippen LogP) is 0.202. The van der Waals surface area contributed by atoms with Gasteiger partial charge in [0.2, 0.25) is 5.91 Å². The Morgan fingerprint density at radius 3 is 3.17 bits per heavy atom. The van der Waals surface area contributed by atoms with Crippen LogP contribution in [-0.4, -0.2) is 23.2 Å². The average molecular weight is 167 g/mol. The van der Waals surface area contributed by atoms with E-state index in [0.717, 1.165) is 12.8 Å². The summed E-state index contributed by atoms with van der Waals surface area (Å²) >= 11 is 0. The molecule has 0 aromatic carbocycles. The zero-order valence-corrected chi connectivity index (χ0v) is 6.86. The van der Waals surface area contributed by atoms with Gasteiger partial charge < -0.3 is 10.4 Å². The van der Waals surface area contributed by atoms with Gasteiger partial charge in [-0.15, -0.1) is 0 Å². The molecule has 1 amide bonds. The molecule has 3 unspecified atom stereocenters. The Bertz CT molecular complexity index is 225. The number of aliphatic hydroxyl groups excluding tert-OH is 1. The lowest BCUT2D eigenvalue weighted by molar-refractivity contribution is -0.118. The summed E-state index contributed by atoms with van der Waals surface area (Å²) in [5.74, 6) is 0.427. The fraction of sp³-hybridized carbons (Fsp3) is 0.667. The van der Waals surface area contributed by atoms with Crippen LogP contribution < -0.4 is 5.32 Å². The summed E-state index contributed by atoms with van der Waals surface area (Å²) in [4.78, 5) is 10.9. The summed E-state index contributed by atoms with van der Waals surface area (Å²) < 4.78 is 0. The van der Waals surface area contributed by atoms with E-state index < -0.39 is 0 Å². The van der Waals surface area contributed by atoms with Crippen molar-refractivity contribution in [1.29, 1.82) is 0 Å². The third-order valence-electron chi connectivity index (χ3n) is 2.70. The van der Waals surface area contributed by atoms with E-state index in [-0.39, 0.29) is 18.1 Å². The van der Waals surface area contributed by atoms with Crippen LogP contribution in [0.4, 0.5) is 0 Å². The second kappa shape index (κ2) is 2.90. The van der Waals surface area contributed by atoms with Crippen LogP contribution >= 0.6 is 0 Å². The van der Waals surface area contributed by atoms with Crippen LogP contribution in [-0.2, 0) is 4.79 Å². The zero-order chi connectivity index (χ0) is 8.55. The van der Waals surface area contributed by atoms with Gasteiger partial charge in [0, 0.05) is 6.04 Å². The van der Waals surface area contributed by atoms with Crippen LogP contribution in [0.2, 0.25) is 0 Å². The molecule has 0 aromatic heterocycles. The Morgan fingerprint density at radius 2 is 2.33 bits per heavy atom. The molecule has 1 saturated carbocycles. The van der Waals surface area contributed by atoms with Crippen molar-refractivity contribution >= 4 is 5.91 Å². The molecule has 1 aliphatic carbocycles. The molecule has 2 N–H and O–H groups in total. The fourth-order valence-corrected chi connectivity index (χ4v) is 2.01. The Balaban J connectivity index is 2.09. The molecule has 1 heterocycles. The highest BCUT2D eigenvalue weighted by molar-refractivity contribution is 5.88. The van der Waals surface area contributed by atoms with E-state index in [1.165, 1.54) is 0 Å². The lowest BCUT2D eigenvalue weighted by atomic mass is 9.81. The lowest BCUT2D eigenvalue weighted by Gasteiger charge is -2.34. The molecule has 0 radical (unpaired) electrons. The maximum atomic E-state index is 10.9. The van der Waals surface area contributed by atoms with Crippen LogP contribution in [0.5, 0.6) is 0 Å². The Hall–Kier alpha value is -0.830. The first kappa shape index (κ1) is 7.80. The summed E-state index contributed by atoms with van der Waals surface area (Å²) in [5.41, 5.74) is 0. The van der Waals surface area contributed by atoms with Crippen molar-refractivity contribution < 1.29 is 9.90 Å². The minimum atomic E-state index is -0.224. The molecule has 12 heavy (non-hydrogen) atoms. The van der Waals surface area contributed by atoms with E-state index in [1.807, 2.05) is 6.08 Å². The maximum absolute atomic E-state index is 10.9. The smallest absolute Gasteiger partial charge is 0.243 e. The fourth-order valence-electron chi connectivity index (χ4n) is 2.01. The number of hydrogen-bond donors (Lipinski definition) is 2. The molecule has 0 bridgehead atoms. The average Bonchev–Trinajstić information content (AvgIpc) is 2.03. The summed E-state index contributed by atoms with van der Waals surface area (Å²) in [6.07, 6.45) is 5.90. The van der Waals surface area contributed by atoms with Crippen molar-refractivity contribution in [3.63, 3.8) is 0 Å². The second-order valence-corrected chi connectivity index (χ2v) is 3.60. The zero-order valence-electron chi connectivity index (χ0n) is 6.86. The molecule has 2 rings (SSSR count). The summed E-state index contributed by atoms with van der Waals surface area (Å²) in [5, 5.41) is 12.2. The van der Waals surface area contributed by atoms with Gasteiger partial charge in [-0.05, 0) is 31.3 Å². The molecular weight excluding hydrogens is 154 g/mol. The quantitative estimate of drug-likeness (QED) is 0.541. The third-order valence-corrected chi connectivity index (χ3v) is 2.70. The van der Waals surface area contributed by atoms with Crippen LogP contribution in [0, 0.1) is 5.92 Å². The van der Waals surface area contributed by atoms with Gasteiger partial charge in [0.1, 0.15) is 0 Å². The lowest BCUT2D eigenvalue weighted by Crippen LogP contribution is -2.46. The van der Waals surface area contributed by atoms with E-state index in [1.54, 1.807) is 6.08 Å². The Labute approximate surface area is 71.5 Å². The number of carbonyl (C=O) groups is 1. The third kappa shape index (κ3) is 1.37. The molecule has 1 fully saturated rings. The molecule has 3 nitrogen and oxygen atoms in total. The van der Waals surface area contributed by atoms with E-state index in [4.69, 9.17) is 0 Å². The molecule has 1 aliphatic heterocycles. The maximum Gasteiger partial charge on any atom is 0.243 e. The van der Waals surface area contributed by atoms with Gasteiger partial charge in [0.25, 0.3) is 0 Å². The molecule has 66 valence electrons. The summed E-state index contributed by atoms with van der Waals surface area (Å²) in [7, 11) is 0. The number of hydrogen-bond acceptors (Lipinski definition) is 2. The molecule has 3 atom stereocenters. The molecule has 3 heteroatoms. The van der Waals surface area contributed by atoms with Crippen molar-refractivity contribution in [2.75, 3.05) is 0 Å². The number of carbonyl (C=O) groups excluding carboxylic acids is 1. The summed E-state index contributed by atoms with van der Waals surface area (Å²) in [6.45, 7) is 0. The van der Waals surface area contributed by atoms with Gasteiger partial charge in [-0.2, -0.15) is 0 Å². The van der Waals surface area contributed by atoms with Crippen molar-refractivity contribution in [2.45, 2.75) is 31.4 Å². The molecule has 0 saturated heterocycles. The Morgan fingerprint density at radius 1 is 1.50 bits per heavy atom. The monoisotopic (exact) mass is 167 g/mol. The SMILES string of the molecule is O=C1C=CC2CCC(O)CC2N1. The number of nitrogens with one attached hydrogen (secondary N) is 1. The highest BCUT2D eigenvalue weighted by Gasteiger charge is 2.30. The number of aliphatic hydroxyl groups is 1. The Kier molecular flexibility index (Phi) is 1.89. The number of rotatable bonds is 0. The van der Waals surface area contributed by atoms with Gasteiger partial charge >= 0.3 is 0 Å². The van der Waals surface area contributed by atoms with E-state index >= 15 is 0 Å². The van der Waals surface area contributed by atoms with Crippen molar-refractivity contribution in [2.24, 2.45) is 5.92 Å². The van der Waals surface area contributed by atoms with Gasteiger partial charge in [-0.25, -0.2) is 0 Å². The van der Waals surface area contributed by atoms with Crippen LogP contribution in [0.1, 0.15) is 19.3 Å². The van der Waals surface area contributed by atoms with Crippen molar-refractivity contribution in [3.8, 4) is 0 Å². The normalized spacial score (nSPS) is 40.4. The van der Waals surface area contributed by atoms with Crippen LogP contribution in [0.15, 0.2) is 12.2 Å². The van der Waals surface area contributed by atoms with Gasteiger partial charge in [-0.3, -0.25) is 4.79 Å². The molecule has 0 spiro atoms. The summed E-state index contributed by atoms with van der Waals surface area (Å²) in [6, 6.07) is 0.172. The molecule has 0 aromatic rings. The molecule has 2 aliphatic rings. The largest absolute Gasteiger partial charge is 0.393 e.